The summed E-state index contributed by atoms with van der Waals surface area (Å²) in [5, 5.41) is 10.1. The van der Waals surface area contributed by atoms with Gasteiger partial charge in [0, 0.05) is 56.8 Å². The van der Waals surface area contributed by atoms with Gasteiger partial charge < -0.3 is 16.0 Å². The number of urea groups is 1. The van der Waals surface area contributed by atoms with Gasteiger partial charge in [-0.2, -0.15) is 0 Å². The van der Waals surface area contributed by atoms with Crippen LogP contribution in [0.1, 0.15) is 19.2 Å². The number of hydrogen-bond acceptors (Lipinski definition) is 6. The molecule has 0 aliphatic carbocycles. The second-order valence-electron chi connectivity index (χ2n) is 7.61. The molecule has 0 saturated carbocycles. The summed E-state index contributed by atoms with van der Waals surface area (Å²) in [7, 11) is 0. The van der Waals surface area contributed by atoms with Crippen LogP contribution in [0.4, 0.5) is 10.5 Å². The Balaban J connectivity index is 1.77. The first-order valence-corrected chi connectivity index (χ1v) is 10.3. The van der Waals surface area contributed by atoms with E-state index in [2.05, 4.69) is 37.7 Å². The Morgan fingerprint density at radius 1 is 1.10 bits per heavy atom. The van der Waals surface area contributed by atoms with Crippen LogP contribution >= 0.6 is 0 Å². The Kier molecular flexibility index (Phi) is 6.03. The lowest BCUT2D eigenvalue weighted by Crippen LogP contribution is -2.69. The van der Waals surface area contributed by atoms with Crippen molar-refractivity contribution in [2.75, 3.05) is 44.6 Å². The fourth-order valence-corrected chi connectivity index (χ4v) is 4.37. The maximum absolute atomic E-state index is 13.5. The number of carbonyl (C=O) groups is 1. The van der Waals surface area contributed by atoms with Crippen molar-refractivity contribution in [2.24, 2.45) is 0 Å². The smallest absolute Gasteiger partial charge is 0.314 e. The van der Waals surface area contributed by atoms with Gasteiger partial charge in [0.25, 0.3) is 0 Å². The number of amides is 2. The van der Waals surface area contributed by atoms with Gasteiger partial charge in [0.1, 0.15) is 0 Å². The third-order valence-electron chi connectivity index (χ3n) is 5.72. The van der Waals surface area contributed by atoms with E-state index in [1.165, 1.54) is 0 Å². The molecular formula is C21H29N7O. The molecule has 2 amide bonds. The zero-order valence-corrected chi connectivity index (χ0v) is 16.8. The summed E-state index contributed by atoms with van der Waals surface area (Å²) in [5.41, 5.74) is 0.0314. The number of piperazine rings is 1. The van der Waals surface area contributed by atoms with Gasteiger partial charge in [0.2, 0.25) is 0 Å². The standard InChI is InChI=1S/C21H29N7O/c1-17-15-22-12-14-27(17)21(19-24-10-5-11-25-19)16-23-9-6-13-28(21)20(29)26-18-7-3-2-4-8-18/h2-5,7-8,10-11,17,22-23H,6,9,12-16H2,1H3,(H,26,29). The Morgan fingerprint density at radius 3 is 2.66 bits per heavy atom. The molecule has 2 aliphatic rings. The first-order valence-electron chi connectivity index (χ1n) is 10.3. The van der Waals surface area contributed by atoms with Gasteiger partial charge in [-0.25, -0.2) is 14.8 Å². The molecule has 2 aliphatic heterocycles. The topological polar surface area (TPSA) is 85.4 Å². The van der Waals surface area contributed by atoms with Crippen molar-refractivity contribution in [1.82, 2.24) is 30.4 Å². The highest BCUT2D eigenvalue weighted by atomic mass is 16.2. The van der Waals surface area contributed by atoms with Gasteiger partial charge in [-0.1, -0.05) is 18.2 Å². The second-order valence-corrected chi connectivity index (χ2v) is 7.61. The van der Waals surface area contributed by atoms with Crippen LogP contribution in [0.15, 0.2) is 48.8 Å². The van der Waals surface area contributed by atoms with Crippen molar-refractivity contribution in [2.45, 2.75) is 25.0 Å². The lowest BCUT2D eigenvalue weighted by molar-refractivity contribution is -0.0662. The maximum Gasteiger partial charge on any atom is 0.323 e. The van der Waals surface area contributed by atoms with Crippen molar-refractivity contribution in [3.63, 3.8) is 0 Å². The van der Waals surface area contributed by atoms with Gasteiger partial charge in [0.05, 0.1) is 0 Å². The largest absolute Gasteiger partial charge is 0.323 e. The highest BCUT2D eigenvalue weighted by Gasteiger charge is 2.51. The number of carbonyl (C=O) groups excluding carboxylic acids is 1. The van der Waals surface area contributed by atoms with Crippen LogP contribution in [-0.4, -0.2) is 71.1 Å². The number of anilines is 1. The average molecular weight is 396 g/mol. The molecule has 1 aromatic carbocycles. The fraction of sp³-hybridized carbons (Fsp3) is 0.476. The third-order valence-corrected chi connectivity index (χ3v) is 5.72. The van der Waals surface area contributed by atoms with E-state index in [1.807, 2.05) is 41.3 Å². The Bertz CT molecular complexity index is 803. The molecule has 29 heavy (non-hydrogen) atoms. The van der Waals surface area contributed by atoms with E-state index in [9.17, 15) is 4.79 Å². The normalized spacial score (nSPS) is 26.0. The molecule has 0 spiro atoms. The fourth-order valence-electron chi connectivity index (χ4n) is 4.37. The number of nitrogens with zero attached hydrogens (tertiary/aromatic N) is 4. The van der Waals surface area contributed by atoms with Crippen molar-refractivity contribution >= 4 is 11.7 Å². The van der Waals surface area contributed by atoms with E-state index < -0.39 is 5.66 Å². The van der Waals surface area contributed by atoms with Gasteiger partial charge in [-0.15, -0.1) is 0 Å². The van der Waals surface area contributed by atoms with E-state index in [-0.39, 0.29) is 12.1 Å². The molecule has 2 fully saturated rings. The highest BCUT2D eigenvalue weighted by Crippen LogP contribution is 2.34. The number of hydrogen-bond donors (Lipinski definition) is 3. The second kappa shape index (κ2) is 8.86. The summed E-state index contributed by atoms with van der Waals surface area (Å²) in [6.45, 7) is 6.80. The summed E-state index contributed by atoms with van der Waals surface area (Å²) >= 11 is 0. The quantitative estimate of drug-likeness (QED) is 0.730. The predicted molar refractivity (Wildman–Crippen MR) is 112 cm³/mol. The number of aromatic nitrogens is 2. The number of nitrogens with one attached hydrogen (secondary N) is 3. The van der Waals surface area contributed by atoms with Crippen LogP contribution in [0.3, 0.4) is 0 Å². The molecule has 2 atom stereocenters. The molecular weight excluding hydrogens is 366 g/mol. The number of para-hydroxylation sites is 1. The molecule has 154 valence electrons. The Labute approximate surface area is 171 Å². The third kappa shape index (κ3) is 3.96. The minimum absolute atomic E-state index is 0.127. The monoisotopic (exact) mass is 395 g/mol. The van der Waals surface area contributed by atoms with Crippen molar-refractivity contribution in [3.8, 4) is 0 Å². The summed E-state index contributed by atoms with van der Waals surface area (Å²) in [4.78, 5) is 27.1. The van der Waals surface area contributed by atoms with Gasteiger partial charge in [-0.05, 0) is 38.1 Å². The summed E-state index contributed by atoms with van der Waals surface area (Å²) in [5.74, 6) is 0.659. The van der Waals surface area contributed by atoms with E-state index in [4.69, 9.17) is 0 Å². The van der Waals surface area contributed by atoms with Gasteiger partial charge >= 0.3 is 6.03 Å². The summed E-state index contributed by atoms with van der Waals surface area (Å²) in [6.07, 6.45) is 4.39. The lowest BCUT2D eigenvalue weighted by Gasteiger charge is -2.52. The van der Waals surface area contributed by atoms with Crippen LogP contribution in [0.2, 0.25) is 0 Å². The Morgan fingerprint density at radius 2 is 1.90 bits per heavy atom. The van der Waals surface area contributed by atoms with Crippen LogP contribution in [0.25, 0.3) is 0 Å². The van der Waals surface area contributed by atoms with E-state index >= 15 is 0 Å². The molecule has 1 aromatic heterocycles. The van der Waals surface area contributed by atoms with Crippen LogP contribution in [-0.2, 0) is 5.66 Å². The highest BCUT2D eigenvalue weighted by molar-refractivity contribution is 5.90. The minimum atomic E-state index is -0.752. The Hall–Kier alpha value is -2.55. The maximum atomic E-state index is 13.5. The van der Waals surface area contributed by atoms with E-state index in [1.54, 1.807) is 12.4 Å². The number of rotatable bonds is 3. The van der Waals surface area contributed by atoms with Crippen molar-refractivity contribution < 1.29 is 4.79 Å². The average Bonchev–Trinajstić information content (AvgIpc) is 2.99. The first-order chi connectivity index (χ1) is 14.2. The first kappa shape index (κ1) is 19.8. The molecule has 0 bridgehead atoms. The number of benzene rings is 1. The van der Waals surface area contributed by atoms with Crippen molar-refractivity contribution in [3.05, 3.63) is 54.6 Å². The SMILES string of the molecule is CC1CNCCN1C1(c2ncccn2)CNCCCN1C(=O)Nc1ccccc1. The molecule has 4 rings (SSSR count). The molecule has 8 heteroatoms. The summed E-state index contributed by atoms with van der Waals surface area (Å²) in [6, 6.07) is 11.5. The molecule has 2 aromatic rings. The van der Waals surface area contributed by atoms with Crippen LogP contribution in [0.5, 0.6) is 0 Å². The molecule has 8 nitrogen and oxygen atoms in total. The zero-order chi connectivity index (χ0) is 20.1. The molecule has 2 saturated heterocycles. The van der Waals surface area contributed by atoms with Gasteiger partial charge in [-0.3, -0.25) is 9.80 Å². The van der Waals surface area contributed by atoms with Crippen molar-refractivity contribution in [1.29, 1.82) is 0 Å². The van der Waals surface area contributed by atoms with Crippen LogP contribution < -0.4 is 16.0 Å². The molecule has 3 heterocycles. The molecule has 0 radical (unpaired) electrons. The summed E-state index contributed by atoms with van der Waals surface area (Å²) < 4.78 is 0. The zero-order valence-electron chi connectivity index (χ0n) is 16.8. The van der Waals surface area contributed by atoms with E-state index in [0.29, 0.717) is 18.9 Å². The lowest BCUT2D eigenvalue weighted by atomic mass is 10.00. The minimum Gasteiger partial charge on any atom is -0.314 e. The predicted octanol–water partition coefficient (Wildman–Crippen LogP) is 1.45. The van der Waals surface area contributed by atoms with Crippen LogP contribution in [0, 0.1) is 0 Å². The molecule has 3 N–H and O–H groups in total. The van der Waals surface area contributed by atoms with E-state index in [0.717, 1.165) is 38.3 Å². The molecule has 2 unspecified atom stereocenters. The van der Waals surface area contributed by atoms with Gasteiger partial charge in [0.15, 0.2) is 11.5 Å².